The van der Waals surface area contributed by atoms with Gasteiger partial charge in [-0.3, -0.25) is 4.98 Å². The van der Waals surface area contributed by atoms with Gasteiger partial charge in [0.15, 0.2) is 5.58 Å². The molecule has 0 saturated carbocycles. The molecule has 2 aromatic heterocycles. The van der Waals surface area contributed by atoms with Crippen molar-refractivity contribution in [2.45, 2.75) is 66.2 Å². The van der Waals surface area contributed by atoms with Crippen LogP contribution in [0.4, 0.5) is 0 Å². The molecule has 106 valence electrons. The Morgan fingerprint density at radius 2 is 1.53 bits per heavy atom. The minimum atomic E-state index is -0.00262. The summed E-state index contributed by atoms with van der Waals surface area (Å²) in [6.45, 7) is 17.1. The first kappa shape index (κ1) is 15.7. The smallest absolute Gasteiger partial charge is 0.155 e. The van der Waals surface area contributed by atoms with Crippen LogP contribution in [-0.4, -0.2) is 4.98 Å². The lowest BCUT2D eigenvalue weighted by atomic mass is 9.87. The van der Waals surface area contributed by atoms with Crippen LogP contribution >= 0.6 is 0 Å². The zero-order chi connectivity index (χ0) is 14.8. The van der Waals surface area contributed by atoms with Gasteiger partial charge in [-0.15, -0.1) is 0 Å². The van der Waals surface area contributed by atoms with Gasteiger partial charge in [0.2, 0.25) is 0 Å². The number of hydrogen-bond acceptors (Lipinski definition) is 2. The molecule has 0 aliphatic heterocycles. The largest absolute Gasteiger partial charge is 0.462 e. The molecule has 2 aromatic rings. The summed E-state index contributed by atoms with van der Waals surface area (Å²) in [6.07, 6.45) is 1.74. The Bertz CT molecular complexity index is 538. The maximum absolute atomic E-state index is 5.58. The van der Waals surface area contributed by atoms with E-state index in [0.717, 1.165) is 22.4 Å². The maximum Gasteiger partial charge on any atom is 0.155 e. The Hall–Kier alpha value is -1.31. The summed E-state index contributed by atoms with van der Waals surface area (Å²) >= 11 is 0. The first-order chi connectivity index (χ1) is 8.69. The van der Waals surface area contributed by atoms with Crippen LogP contribution in [-0.2, 0) is 10.8 Å². The molecular weight excluding hydrogens is 234 g/mol. The number of fused-ring (bicyclic) bond motifs is 1. The molecule has 2 heterocycles. The van der Waals surface area contributed by atoms with Crippen LogP contribution in [0.1, 0.15) is 66.8 Å². The SMILES string of the molecule is CC.CC(C)(C)c1cc2ccoc2c(C(C)(C)C)n1. The molecule has 0 atom stereocenters. The quantitative estimate of drug-likeness (QED) is 0.630. The fraction of sp³-hybridized carbons (Fsp3) is 0.588. The predicted octanol–water partition coefficient (Wildman–Crippen LogP) is 5.45. The fourth-order valence-electron chi connectivity index (χ4n) is 1.87. The van der Waals surface area contributed by atoms with Gasteiger partial charge in [0.05, 0.1) is 12.0 Å². The minimum absolute atomic E-state index is 0.00262. The lowest BCUT2D eigenvalue weighted by Crippen LogP contribution is -2.20. The van der Waals surface area contributed by atoms with E-state index >= 15 is 0 Å². The van der Waals surface area contributed by atoms with Gasteiger partial charge < -0.3 is 4.42 Å². The predicted molar refractivity (Wildman–Crippen MR) is 82.8 cm³/mol. The van der Waals surface area contributed by atoms with Crippen molar-refractivity contribution in [1.29, 1.82) is 0 Å². The van der Waals surface area contributed by atoms with E-state index in [9.17, 15) is 0 Å². The van der Waals surface area contributed by atoms with Crippen molar-refractivity contribution in [3.05, 3.63) is 29.8 Å². The highest BCUT2D eigenvalue weighted by atomic mass is 16.3. The van der Waals surface area contributed by atoms with E-state index in [1.54, 1.807) is 6.26 Å². The monoisotopic (exact) mass is 261 g/mol. The van der Waals surface area contributed by atoms with E-state index in [1.807, 2.05) is 19.9 Å². The van der Waals surface area contributed by atoms with Crippen LogP contribution in [0.5, 0.6) is 0 Å². The molecule has 0 spiro atoms. The van der Waals surface area contributed by atoms with E-state index in [1.165, 1.54) is 0 Å². The van der Waals surface area contributed by atoms with Crippen molar-refractivity contribution < 1.29 is 4.42 Å². The second kappa shape index (κ2) is 5.36. The third kappa shape index (κ3) is 3.37. The second-order valence-electron chi connectivity index (χ2n) is 6.70. The highest BCUT2D eigenvalue weighted by Crippen LogP contribution is 2.32. The van der Waals surface area contributed by atoms with Crippen molar-refractivity contribution in [1.82, 2.24) is 4.98 Å². The molecule has 2 rings (SSSR count). The van der Waals surface area contributed by atoms with E-state index < -0.39 is 0 Å². The molecule has 0 amide bonds. The molecule has 0 unspecified atom stereocenters. The van der Waals surface area contributed by atoms with Crippen molar-refractivity contribution >= 4 is 11.0 Å². The van der Waals surface area contributed by atoms with E-state index in [4.69, 9.17) is 9.40 Å². The maximum atomic E-state index is 5.58. The topological polar surface area (TPSA) is 26.0 Å². The van der Waals surface area contributed by atoms with Crippen LogP contribution in [0, 0.1) is 0 Å². The van der Waals surface area contributed by atoms with Gasteiger partial charge in [0.25, 0.3) is 0 Å². The molecule has 0 N–H and O–H groups in total. The minimum Gasteiger partial charge on any atom is -0.462 e. The van der Waals surface area contributed by atoms with Crippen LogP contribution in [0.3, 0.4) is 0 Å². The highest BCUT2D eigenvalue weighted by molar-refractivity contribution is 5.80. The van der Waals surface area contributed by atoms with Gasteiger partial charge in [-0.1, -0.05) is 55.4 Å². The van der Waals surface area contributed by atoms with Crippen molar-refractivity contribution in [2.75, 3.05) is 0 Å². The number of hydrogen-bond donors (Lipinski definition) is 0. The van der Waals surface area contributed by atoms with Crippen LogP contribution in [0.25, 0.3) is 11.0 Å². The Kier molecular flexibility index (Phi) is 4.44. The lowest BCUT2D eigenvalue weighted by Gasteiger charge is -2.23. The third-order valence-electron chi connectivity index (χ3n) is 2.91. The zero-order valence-electron chi connectivity index (χ0n) is 13.6. The van der Waals surface area contributed by atoms with E-state index in [0.29, 0.717) is 0 Å². The van der Waals surface area contributed by atoms with Crippen LogP contribution < -0.4 is 0 Å². The molecule has 0 radical (unpaired) electrons. The fourth-order valence-corrected chi connectivity index (χ4v) is 1.87. The molecule has 0 aliphatic carbocycles. The Morgan fingerprint density at radius 3 is 2.00 bits per heavy atom. The first-order valence-electron chi connectivity index (χ1n) is 7.09. The number of furan rings is 1. The van der Waals surface area contributed by atoms with E-state index in [-0.39, 0.29) is 10.8 Å². The summed E-state index contributed by atoms with van der Waals surface area (Å²) in [7, 11) is 0. The first-order valence-corrected chi connectivity index (χ1v) is 7.09. The lowest BCUT2D eigenvalue weighted by molar-refractivity contribution is 0.519. The summed E-state index contributed by atoms with van der Waals surface area (Å²) in [5, 5.41) is 1.15. The van der Waals surface area contributed by atoms with Gasteiger partial charge in [-0.05, 0) is 12.1 Å². The summed E-state index contributed by atoms with van der Waals surface area (Å²) in [4.78, 5) is 4.82. The number of rotatable bonds is 0. The molecular formula is C17H27NO. The second-order valence-corrected chi connectivity index (χ2v) is 6.70. The van der Waals surface area contributed by atoms with Crippen molar-refractivity contribution in [3.63, 3.8) is 0 Å². The van der Waals surface area contributed by atoms with Gasteiger partial charge in [0, 0.05) is 21.9 Å². The Morgan fingerprint density at radius 1 is 0.947 bits per heavy atom. The molecule has 19 heavy (non-hydrogen) atoms. The standard InChI is InChI=1S/C15H21NO.C2H6/c1-14(2,3)11-9-10-7-8-17-12(10)13(16-11)15(4,5)6;1-2/h7-9H,1-6H3;1-2H3. The third-order valence-corrected chi connectivity index (χ3v) is 2.91. The average molecular weight is 261 g/mol. The molecule has 0 bridgehead atoms. The van der Waals surface area contributed by atoms with Gasteiger partial charge in [0.1, 0.15) is 0 Å². The Labute approximate surface area is 117 Å². The van der Waals surface area contributed by atoms with Gasteiger partial charge in [-0.25, -0.2) is 0 Å². The Balaban J connectivity index is 0.000000861. The molecule has 2 nitrogen and oxygen atoms in total. The van der Waals surface area contributed by atoms with Crippen LogP contribution in [0.15, 0.2) is 22.8 Å². The summed E-state index contributed by atoms with van der Waals surface area (Å²) in [5.74, 6) is 0. The van der Waals surface area contributed by atoms with Crippen molar-refractivity contribution in [3.8, 4) is 0 Å². The number of pyridine rings is 1. The molecule has 0 aliphatic rings. The summed E-state index contributed by atoms with van der Waals surface area (Å²) in [5.41, 5.74) is 3.15. The normalized spacial score (nSPS) is 12.2. The molecule has 0 aromatic carbocycles. The number of aromatic nitrogens is 1. The number of nitrogens with zero attached hydrogens (tertiary/aromatic N) is 1. The van der Waals surface area contributed by atoms with Crippen LogP contribution in [0.2, 0.25) is 0 Å². The average Bonchev–Trinajstić information content (AvgIpc) is 2.75. The molecule has 2 heteroatoms. The van der Waals surface area contributed by atoms with Crippen molar-refractivity contribution in [2.24, 2.45) is 0 Å². The van der Waals surface area contributed by atoms with Gasteiger partial charge in [-0.2, -0.15) is 0 Å². The highest BCUT2D eigenvalue weighted by Gasteiger charge is 2.25. The summed E-state index contributed by atoms with van der Waals surface area (Å²) in [6, 6.07) is 4.15. The zero-order valence-corrected chi connectivity index (χ0v) is 13.6. The van der Waals surface area contributed by atoms with Gasteiger partial charge >= 0.3 is 0 Å². The molecule has 0 fully saturated rings. The molecule has 0 saturated heterocycles. The van der Waals surface area contributed by atoms with E-state index in [2.05, 4.69) is 47.6 Å². The summed E-state index contributed by atoms with van der Waals surface area (Å²) < 4.78 is 5.58.